The van der Waals surface area contributed by atoms with Crippen molar-refractivity contribution in [2.75, 3.05) is 18.5 Å². The van der Waals surface area contributed by atoms with Gasteiger partial charge >= 0.3 is 6.18 Å². The van der Waals surface area contributed by atoms with Gasteiger partial charge in [-0.15, -0.1) is 0 Å². The summed E-state index contributed by atoms with van der Waals surface area (Å²) < 4.78 is 42.8. The van der Waals surface area contributed by atoms with Crippen LogP contribution in [0.4, 0.5) is 19.0 Å². The zero-order chi connectivity index (χ0) is 13.8. The predicted octanol–water partition coefficient (Wildman–Crippen LogP) is 3.59. The largest absolute Gasteiger partial charge is 0.416 e. The van der Waals surface area contributed by atoms with Gasteiger partial charge < -0.3 is 10.1 Å². The first-order valence-corrected chi connectivity index (χ1v) is 5.77. The number of nitrogens with one attached hydrogen (secondary N) is 1. The van der Waals surface area contributed by atoms with Gasteiger partial charge in [0.1, 0.15) is 11.0 Å². The Morgan fingerprint density at radius 3 is 2.61 bits per heavy atom. The van der Waals surface area contributed by atoms with E-state index >= 15 is 0 Å². The van der Waals surface area contributed by atoms with Crippen molar-refractivity contribution in [2.45, 2.75) is 26.1 Å². The second kappa shape index (κ2) is 6.24. The van der Waals surface area contributed by atoms with Gasteiger partial charge in [-0.1, -0.05) is 11.6 Å². The van der Waals surface area contributed by atoms with Crippen molar-refractivity contribution >= 4 is 17.4 Å². The number of alkyl halides is 3. The zero-order valence-electron chi connectivity index (χ0n) is 10.0. The molecule has 0 aliphatic carbocycles. The molecule has 18 heavy (non-hydrogen) atoms. The second-order valence-corrected chi connectivity index (χ2v) is 4.30. The molecule has 1 heterocycles. The van der Waals surface area contributed by atoms with Gasteiger partial charge in [0, 0.05) is 6.54 Å². The van der Waals surface area contributed by atoms with Gasteiger partial charge in [-0.05, 0) is 26.0 Å². The molecular weight excluding hydrogens is 269 g/mol. The number of pyridine rings is 1. The van der Waals surface area contributed by atoms with E-state index in [9.17, 15) is 13.2 Å². The third-order valence-corrected chi connectivity index (χ3v) is 2.17. The van der Waals surface area contributed by atoms with Gasteiger partial charge in [-0.25, -0.2) is 4.98 Å². The van der Waals surface area contributed by atoms with Crippen molar-refractivity contribution in [1.82, 2.24) is 4.98 Å². The van der Waals surface area contributed by atoms with E-state index in [-0.39, 0.29) is 17.1 Å². The Labute approximate surface area is 108 Å². The molecule has 0 unspecified atom stereocenters. The maximum atomic E-state index is 12.5. The summed E-state index contributed by atoms with van der Waals surface area (Å²) in [4.78, 5) is 3.76. The molecule has 0 saturated carbocycles. The van der Waals surface area contributed by atoms with Crippen molar-refractivity contribution in [3.63, 3.8) is 0 Å². The van der Waals surface area contributed by atoms with Crippen LogP contribution in [0.25, 0.3) is 0 Å². The normalized spacial score (nSPS) is 11.9. The molecular formula is C11H14ClF3N2O. The molecule has 102 valence electrons. The highest BCUT2D eigenvalue weighted by Crippen LogP contribution is 2.31. The molecule has 0 radical (unpaired) electrons. The molecule has 1 aromatic rings. The van der Waals surface area contributed by atoms with E-state index in [0.29, 0.717) is 13.2 Å². The van der Waals surface area contributed by atoms with Crippen LogP contribution in [0.2, 0.25) is 5.15 Å². The lowest BCUT2D eigenvalue weighted by Crippen LogP contribution is -2.14. The number of ether oxygens (including phenoxy) is 1. The molecule has 0 amide bonds. The highest BCUT2D eigenvalue weighted by atomic mass is 35.5. The molecule has 0 spiro atoms. The molecule has 3 nitrogen and oxygen atoms in total. The van der Waals surface area contributed by atoms with Gasteiger partial charge in [-0.3, -0.25) is 0 Å². The molecule has 0 bridgehead atoms. The topological polar surface area (TPSA) is 34.1 Å². The van der Waals surface area contributed by atoms with Gasteiger partial charge in [0.05, 0.1) is 18.3 Å². The van der Waals surface area contributed by atoms with Crippen LogP contribution in [0.1, 0.15) is 19.4 Å². The molecule has 0 fully saturated rings. The number of halogens is 4. The number of aromatic nitrogens is 1. The Bertz CT molecular complexity index is 396. The highest BCUT2D eigenvalue weighted by molar-refractivity contribution is 6.29. The maximum absolute atomic E-state index is 12.5. The van der Waals surface area contributed by atoms with Gasteiger partial charge in [0.2, 0.25) is 0 Å². The Hall–Kier alpha value is -1.01. The van der Waals surface area contributed by atoms with Crippen molar-refractivity contribution in [3.05, 3.63) is 22.8 Å². The molecule has 0 aliphatic heterocycles. The molecule has 0 saturated heterocycles. The predicted molar refractivity (Wildman–Crippen MR) is 63.8 cm³/mol. The van der Waals surface area contributed by atoms with Gasteiger partial charge in [0.15, 0.2) is 0 Å². The lowest BCUT2D eigenvalue weighted by molar-refractivity contribution is -0.137. The number of hydrogen-bond donors (Lipinski definition) is 1. The van der Waals surface area contributed by atoms with Crippen LogP contribution in [0, 0.1) is 0 Å². The SMILES string of the molecule is CC(C)OCCNc1cc(C(F)(F)F)cc(Cl)n1. The number of hydrogen-bond acceptors (Lipinski definition) is 3. The zero-order valence-corrected chi connectivity index (χ0v) is 10.8. The quantitative estimate of drug-likeness (QED) is 0.662. The summed E-state index contributed by atoms with van der Waals surface area (Å²) in [7, 11) is 0. The first-order chi connectivity index (χ1) is 8.29. The molecule has 1 N–H and O–H groups in total. The summed E-state index contributed by atoms with van der Waals surface area (Å²) in [5.74, 6) is 0.0854. The van der Waals surface area contributed by atoms with Crippen molar-refractivity contribution in [2.24, 2.45) is 0 Å². The Kier molecular flexibility index (Phi) is 5.22. The minimum absolute atomic E-state index is 0.0739. The molecule has 0 aromatic carbocycles. The summed E-state index contributed by atoms with van der Waals surface area (Å²) in [6.45, 7) is 4.49. The van der Waals surface area contributed by atoms with Crippen LogP contribution in [0.15, 0.2) is 12.1 Å². The Morgan fingerprint density at radius 2 is 2.06 bits per heavy atom. The summed E-state index contributed by atoms with van der Waals surface area (Å²) in [6.07, 6.45) is -4.36. The molecule has 1 aromatic heterocycles. The van der Waals surface area contributed by atoms with Crippen LogP contribution >= 0.6 is 11.6 Å². The average Bonchev–Trinajstić information content (AvgIpc) is 2.22. The molecule has 0 atom stereocenters. The summed E-state index contributed by atoms with van der Waals surface area (Å²) in [5, 5.41) is 2.54. The van der Waals surface area contributed by atoms with E-state index < -0.39 is 11.7 Å². The van der Waals surface area contributed by atoms with E-state index in [0.717, 1.165) is 12.1 Å². The van der Waals surface area contributed by atoms with Gasteiger partial charge in [0.25, 0.3) is 0 Å². The Morgan fingerprint density at radius 1 is 1.39 bits per heavy atom. The van der Waals surface area contributed by atoms with Crippen LogP contribution in [0.3, 0.4) is 0 Å². The Balaban J connectivity index is 2.63. The number of anilines is 1. The van der Waals surface area contributed by atoms with Crippen LogP contribution in [-0.4, -0.2) is 24.2 Å². The summed E-state index contributed by atoms with van der Waals surface area (Å²) in [6, 6.07) is 1.71. The fraction of sp³-hybridized carbons (Fsp3) is 0.545. The first kappa shape index (κ1) is 15.0. The third kappa shape index (κ3) is 5.10. The lowest BCUT2D eigenvalue weighted by atomic mass is 10.2. The molecule has 0 aliphatic rings. The summed E-state index contributed by atoms with van der Waals surface area (Å²) >= 11 is 5.54. The first-order valence-electron chi connectivity index (χ1n) is 5.39. The van der Waals surface area contributed by atoms with Gasteiger partial charge in [-0.2, -0.15) is 13.2 Å². The summed E-state index contributed by atoms with van der Waals surface area (Å²) in [5.41, 5.74) is -0.824. The fourth-order valence-corrected chi connectivity index (χ4v) is 1.43. The van der Waals surface area contributed by atoms with E-state index in [1.807, 2.05) is 13.8 Å². The second-order valence-electron chi connectivity index (χ2n) is 3.91. The van der Waals surface area contributed by atoms with E-state index in [2.05, 4.69) is 10.3 Å². The van der Waals surface area contributed by atoms with Crippen LogP contribution < -0.4 is 5.32 Å². The lowest BCUT2D eigenvalue weighted by Gasteiger charge is -2.11. The molecule has 1 rings (SSSR count). The third-order valence-electron chi connectivity index (χ3n) is 1.98. The van der Waals surface area contributed by atoms with E-state index in [1.54, 1.807) is 0 Å². The number of rotatable bonds is 5. The van der Waals surface area contributed by atoms with Crippen molar-refractivity contribution in [3.8, 4) is 0 Å². The maximum Gasteiger partial charge on any atom is 0.416 e. The standard InChI is InChI=1S/C11H14ClF3N2O/c1-7(2)18-4-3-16-10-6-8(11(13,14)15)5-9(12)17-10/h5-7H,3-4H2,1-2H3,(H,16,17). The van der Waals surface area contributed by atoms with Crippen molar-refractivity contribution in [1.29, 1.82) is 0 Å². The van der Waals surface area contributed by atoms with Crippen molar-refractivity contribution < 1.29 is 17.9 Å². The van der Waals surface area contributed by atoms with E-state index in [1.165, 1.54) is 0 Å². The fourth-order valence-electron chi connectivity index (χ4n) is 1.22. The highest BCUT2D eigenvalue weighted by Gasteiger charge is 2.31. The van der Waals surface area contributed by atoms with E-state index in [4.69, 9.17) is 16.3 Å². The minimum atomic E-state index is -4.43. The smallest absolute Gasteiger partial charge is 0.377 e. The number of nitrogens with zero attached hydrogens (tertiary/aromatic N) is 1. The minimum Gasteiger partial charge on any atom is -0.377 e. The van der Waals surface area contributed by atoms with Crippen LogP contribution in [-0.2, 0) is 10.9 Å². The molecule has 7 heteroatoms. The average molecular weight is 283 g/mol. The monoisotopic (exact) mass is 282 g/mol. The van der Waals surface area contributed by atoms with Crippen LogP contribution in [0.5, 0.6) is 0 Å².